The molecule has 0 fully saturated rings. The van der Waals surface area contributed by atoms with E-state index in [9.17, 15) is 4.79 Å². The highest BCUT2D eigenvalue weighted by Gasteiger charge is 2.17. The molecule has 0 aliphatic rings. The van der Waals surface area contributed by atoms with Gasteiger partial charge < -0.3 is 14.8 Å². The fourth-order valence-electron chi connectivity index (χ4n) is 3.19. The number of amides is 1. The average molecular weight is 410 g/mol. The minimum absolute atomic E-state index is 0.0245. The van der Waals surface area contributed by atoms with Crippen LogP contribution >= 0.6 is 11.6 Å². The van der Waals surface area contributed by atoms with E-state index in [1.54, 1.807) is 14.2 Å². The van der Waals surface area contributed by atoms with Gasteiger partial charge in [-0.2, -0.15) is 0 Å². The van der Waals surface area contributed by atoms with Gasteiger partial charge in [-0.05, 0) is 47.4 Å². The van der Waals surface area contributed by atoms with Crippen LogP contribution in [-0.2, 0) is 11.2 Å². The van der Waals surface area contributed by atoms with E-state index < -0.39 is 0 Å². The van der Waals surface area contributed by atoms with E-state index in [1.807, 2.05) is 72.8 Å². The third kappa shape index (κ3) is 5.52. The molecule has 0 saturated carbocycles. The minimum Gasteiger partial charge on any atom is -0.493 e. The van der Waals surface area contributed by atoms with Crippen LogP contribution in [0.1, 0.15) is 29.2 Å². The molecule has 0 radical (unpaired) electrons. The number of rotatable bonds is 8. The topological polar surface area (TPSA) is 47.6 Å². The number of aryl methyl sites for hydroxylation is 1. The summed E-state index contributed by atoms with van der Waals surface area (Å²) in [4.78, 5) is 12.7. The van der Waals surface area contributed by atoms with E-state index in [1.165, 1.54) is 0 Å². The highest BCUT2D eigenvalue weighted by Crippen LogP contribution is 2.28. The first-order valence-corrected chi connectivity index (χ1v) is 9.79. The van der Waals surface area contributed by atoms with Gasteiger partial charge >= 0.3 is 0 Å². The molecule has 3 rings (SSSR count). The van der Waals surface area contributed by atoms with Crippen molar-refractivity contribution in [2.45, 2.75) is 18.9 Å². The molecule has 29 heavy (non-hydrogen) atoms. The first-order valence-electron chi connectivity index (χ1n) is 9.41. The van der Waals surface area contributed by atoms with Crippen LogP contribution in [0.25, 0.3) is 0 Å². The Kier molecular flexibility index (Phi) is 7.14. The van der Waals surface area contributed by atoms with Crippen molar-refractivity contribution in [1.82, 2.24) is 5.32 Å². The van der Waals surface area contributed by atoms with Gasteiger partial charge in [-0.15, -0.1) is 0 Å². The first kappa shape index (κ1) is 20.7. The predicted octanol–water partition coefficient (Wildman–Crippen LogP) is 5.20. The van der Waals surface area contributed by atoms with Gasteiger partial charge in [-0.25, -0.2) is 0 Å². The number of hydrogen-bond acceptors (Lipinski definition) is 3. The quantitative estimate of drug-likeness (QED) is 0.556. The fourth-order valence-corrected chi connectivity index (χ4v) is 3.31. The summed E-state index contributed by atoms with van der Waals surface area (Å²) in [6, 6.07) is 22.9. The number of ether oxygens (including phenoxy) is 2. The standard InChI is InChI=1S/C24H24ClNO3/c1-28-21-14-8-17(16-22(21)29-2)9-15-23(27)26-24(18-6-4-3-5-7-18)19-10-12-20(25)13-11-19/h3-8,10-14,16,24H,9,15H2,1-2H3,(H,26,27)/t24-/m0/s1. The normalized spacial score (nSPS) is 11.6. The molecule has 0 saturated heterocycles. The van der Waals surface area contributed by atoms with Gasteiger partial charge in [0.05, 0.1) is 20.3 Å². The Balaban J connectivity index is 1.71. The van der Waals surface area contributed by atoms with E-state index in [4.69, 9.17) is 21.1 Å². The van der Waals surface area contributed by atoms with Gasteiger partial charge in [0.2, 0.25) is 5.91 Å². The van der Waals surface area contributed by atoms with Gasteiger partial charge in [0, 0.05) is 11.4 Å². The molecule has 1 amide bonds. The molecule has 5 heteroatoms. The number of benzene rings is 3. The highest BCUT2D eigenvalue weighted by atomic mass is 35.5. The summed E-state index contributed by atoms with van der Waals surface area (Å²) in [6.45, 7) is 0. The van der Waals surface area contributed by atoms with E-state index in [0.29, 0.717) is 29.4 Å². The maximum atomic E-state index is 12.7. The molecule has 0 aliphatic carbocycles. The van der Waals surface area contributed by atoms with Crippen LogP contribution in [0.3, 0.4) is 0 Å². The van der Waals surface area contributed by atoms with Crippen LogP contribution in [0.5, 0.6) is 11.5 Å². The predicted molar refractivity (Wildman–Crippen MR) is 116 cm³/mol. The van der Waals surface area contributed by atoms with E-state index in [2.05, 4.69) is 5.32 Å². The molecule has 0 bridgehead atoms. The van der Waals surface area contributed by atoms with Crippen molar-refractivity contribution in [3.8, 4) is 11.5 Å². The van der Waals surface area contributed by atoms with Crippen LogP contribution in [0.15, 0.2) is 72.8 Å². The van der Waals surface area contributed by atoms with Gasteiger partial charge in [-0.3, -0.25) is 4.79 Å². The smallest absolute Gasteiger partial charge is 0.221 e. The Labute approximate surface area is 176 Å². The molecular formula is C24H24ClNO3. The second-order valence-electron chi connectivity index (χ2n) is 6.65. The summed E-state index contributed by atoms with van der Waals surface area (Å²) in [5.74, 6) is 1.31. The average Bonchev–Trinajstić information content (AvgIpc) is 2.77. The Bertz CT molecular complexity index is 942. The molecule has 150 valence electrons. The number of carbonyl (C=O) groups excluding carboxylic acids is 1. The van der Waals surface area contributed by atoms with Crippen LogP contribution < -0.4 is 14.8 Å². The second kappa shape index (κ2) is 9.99. The van der Waals surface area contributed by atoms with E-state index in [0.717, 1.165) is 16.7 Å². The Morgan fingerprint density at radius 2 is 1.55 bits per heavy atom. The van der Waals surface area contributed by atoms with Crippen molar-refractivity contribution in [3.05, 3.63) is 94.5 Å². The summed E-state index contributed by atoms with van der Waals surface area (Å²) in [5, 5.41) is 3.82. The SMILES string of the molecule is COc1ccc(CCC(=O)N[C@@H](c2ccccc2)c2ccc(Cl)cc2)cc1OC. The van der Waals surface area contributed by atoms with E-state index >= 15 is 0 Å². The summed E-state index contributed by atoms with van der Waals surface area (Å²) < 4.78 is 10.6. The van der Waals surface area contributed by atoms with Gasteiger partial charge in [-0.1, -0.05) is 60.1 Å². The fraction of sp³-hybridized carbons (Fsp3) is 0.208. The lowest BCUT2D eigenvalue weighted by molar-refractivity contribution is -0.121. The summed E-state index contributed by atoms with van der Waals surface area (Å²) in [5.41, 5.74) is 3.02. The lowest BCUT2D eigenvalue weighted by atomic mass is 9.98. The number of nitrogens with one attached hydrogen (secondary N) is 1. The number of hydrogen-bond donors (Lipinski definition) is 1. The van der Waals surface area contributed by atoms with Crippen LogP contribution in [0, 0.1) is 0 Å². The molecular weight excluding hydrogens is 386 g/mol. The van der Waals surface area contributed by atoms with Crippen LogP contribution in [0.2, 0.25) is 5.02 Å². The molecule has 4 nitrogen and oxygen atoms in total. The van der Waals surface area contributed by atoms with E-state index in [-0.39, 0.29) is 11.9 Å². The molecule has 1 atom stereocenters. The molecule has 3 aromatic carbocycles. The minimum atomic E-state index is -0.230. The van der Waals surface area contributed by atoms with Gasteiger partial charge in [0.25, 0.3) is 0 Å². The first-order chi connectivity index (χ1) is 14.1. The zero-order valence-corrected chi connectivity index (χ0v) is 17.3. The molecule has 1 N–H and O–H groups in total. The van der Waals surface area contributed by atoms with Crippen molar-refractivity contribution in [2.75, 3.05) is 14.2 Å². The zero-order valence-electron chi connectivity index (χ0n) is 16.5. The zero-order chi connectivity index (χ0) is 20.6. The Morgan fingerprint density at radius 3 is 2.21 bits per heavy atom. The summed E-state index contributed by atoms with van der Waals surface area (Å²) >= 11 is 6.03. The summed E-state index contributed by atoms with van der Waals surface area (Å²) in [6.07, 6.45) is 0.973. The van der Waals surface area contributed by atoms with Crippen molar-refractivity contribution < 1.29 is 14.3 Å². The number of halogens is 1. The largest absolute Gasteiger partial charge is 0.493 e. The van der Waals surface area contributed by atoms with Crippen molar-refractivity contribution in [2.24, 2.45) is 0 Å². The highest BCUT2D eigenvalue weighted by molar-refractivity contribution is 6.30. The molecule has 0 unspecified atom stereocenters. The molecule has 0 heterocycles. The van der Waals surface area contributed by atoms with Crippen molar-refractivity contribution in [1.29, 1.82) is 0 Å². The van der Waals surface area contributed by atoms with Crippen LogP contribution in [0.4, 0.5) is 0 Å². The monoisotopic (exact) mass is 409 g/mol. The molecule has 0 spiro atoms. The lowest BCUT2D eigenvalue weighted by Crippen LogP contribution is -2.29. The number of methoxy groups -OCH3 is 2. The maximum Gasteiger partial charge on any atom is 0.221 e. The Morgan fingerprint density at radius 1 is 0.897 bits per heavy atom. The molecule has 0 aliphatic heterocycles. The maximum absolute atomic E-state index is 12.7. The summed E-state index contributed by atoms with van der Waals surface area (Å²) in [7, 11) is 3.20. The molecule has 3 aromatic rings. The van der Waals surface area contributed by atoms with Gasteiger partial charge in [0.15, 0.2) is 11.5 Å². The lowest BCUT2D eigenvalue weighted by Gasteiger charge is -2.20. The van der Waals surface area contributed by atoms with Crippen molar-refractivity contribution in [3.63, 3.8) is 0 Å². The third-order valence-electron chi connectivity index (χ3n) is 4.73. The molecule has 0 aromatic heterocycles. The van der Waals surface area contributed by atoms with Crippen LogP contribution in [-0.4, -0.2) is 20.1 Å². The Hall–Kier alpha value is -2.98. The number of carbonyl (C=O) groups is 1. The van der Waals surface area contributed by atoms with Crippen molar-refractivity contribution >= 4 is 17.5 Å². The van der Waals surface area contributed by atoms with Gasteiger partial charge in [0.1, 0.15) is 0 Å². The second-order valence-corrected chi connectivity index (χ2v) is 7.09. The third-order valence-corrected chi connectivity index (χ3v) is 4.98.